The molecular weight excluding hydrogens is 402 g/mol. The van der Waals surface area contributed by atoms with Gasteiger partial charge in [-0.2, -0.15) is 0 Å². The molecule has 0 bridgehead atoms. The smallest absolute Gasteiger partial charge is 0.241 e. The molecule has 6 nitrogen and oxygen atoms in total. The molecule has 7 heteroatoms. The van der Waals surface area contributed by atoms with Crippen LogP contribution >= 0.6 is 11.6 Å². The van der Waals surface area contributed by atoms with Crippen molar-refractivity contribution in [2.24, 2.45) is 5.92 Å². The Morgan fingerprint density at radius 3 is 2.63 bits per heavy atom. The van der Waals surface area contributed by atoms with Gasteiger partial charge in [-0.3, -0.25) is 14.5 Å². The molecule has 2 aromatic rings. The lowest BCUT2D eigenvalue weighted by Gasteiger charge is -2.35. The number of piperidine rings is 1. The molecule has 1 aliphatic rings. The summed E-state index contributed by atoms with van der Waals surface area (Å²) in [7, 11) is 1.54. The number of benzene rings is 2. The van der Waals surface area contributed by atoms with Crippen molar-refractivity contribution in [2.45, 2.75) is 32.7 Å². The molecule has 2 atom stereocenters. The predicted octanol–water partition coefficient (Wildman–Crippen LogP) is 4.33. The van der Waals surface area contributed by atoms with E-state index in [-0.39, 0.29) is 23.8 Å². The molecule has 2 amide bonds. The van der Waals surface area contributed by atoms with E-state index in [4.69, 9.17) is 16.3 Å². The summed E-state index contributed by atoms with van der Waals surface area (Å²) in [5.41, 5.74) is 2.23. The van der Waals surface area contributed by atoms with Crippen LogP contribution in [0.25, 0.3) is 0 Å². The molecular formula is C23H28ClN3O3. The van der Waals surface area contributed by atoms with Crippen LogP contribution in [0.3, 0.4) is 0 Å². The van der Waals surface area contributed by atoms with Gasteiger partial charge in [0.15, 0.2) is 0 Å². The Kier molecular flexibility index (Phi) is 7.34. The van der Waals surface area contributed by atoms with E-state index in [0.29, 0.717) is 23.0 Å². The third-order valence-electron chi connectivity index (χ3n) is 5.53. The van der Waals surface area contributed by atoms with E-state index in [9.17, 15) is 9.59 Å². The van der Waals surface area contributed by atoms with Crippen LogP contribution < -0.4 is 15.4 Å². The fourth-order valence-electron chi connectivity index (χ4n) is 3.67. The Balaban J connectivity index is 1.63. The van der Waals surface area contributed by atoms with Crippen LogP contribution in [-0.4, -0.2) is 43.0 Å². The Hall–Kier alpha value is -2.57. The largest absolute Gasteiger partial charge is 0.495 e. The van der Waals surface area contributed by atoms with E-state index < -0.39 is 0 Å². The minimum Gasteiger partial charge on any atom is -0.495 e. The van der Waals surface area contributed by atoms with Crippen molar-refractivity contribution in [3.63, 3.8) is 0 Å². The van der Waals surface area contributed by atoms with Crippen LogP contribution in [0.5, 0.6) is 5.75 Å². The second kappa shape index (κ2) is 9.96. The number of ether oxygens (including phenoxy) is 1. The average molecular weight is 430 g/mol. The zero-order chi connectivity index (χ0) is 21.7. The number of anilines is 2. The first-order valence-corrected chi connectivity index (χ1v) is 10.5. The zero-order valence-electron chi connectivity index (χ0n) is 17.6. The van der Waals surface area contributed by atoms with Gasteiger partial charge in [0.05, 0.1) is 24.8 Å². The Morgan fingerprint density at radius 1 is 1.20 bits per heavy atom. The number of carbonyl (C=O) groups is 2. The molecule has 1 heterocycles. The summed E-state index contributed by atoms with van der Waals surface area (Å²) in [5.74, 6) is 0.221. The third kappa shape index (κ3) is 5.32. The molecule has 1 aliphatic heterocycles. The number of nitrogens with zero attached hydrogens (tertiary/aromatic N) is 1. The van der Waals surface area contributed by atoms with Gasteiger partial charge in [0.2, 0.25) is 11.8 Å². The molecule has 2 unspecified atom stereocenters. The number of amides is 2. The van der Waals surface area contributed by atoms with Crippen molar-refractivity contribution < 1.29 is 14.3 Å². The first-order valence-electron chi connectivity index (χ1n) is 10.1. The number of hydrogen-bond donors (Lipinski definition) is 2. The number of carbonyl (C=O) groups excluding carboxylic acids is 2. The number of nitrogens with one attached hydrogen (secondary N) is 2. The standard InChI is InChI=1S/C23H28ClN3O3/c1-15-12-20(21(30-3)13-19(15)24)26-22(28)16(2)27-11-7-8-17(14-27)23(29)25-18-9-5-4-6-10-18/h4-6,9-10,12-13,16-17H,7-8,11,14H2,1-3H3,(H,25,29)(H,26,28). The van der Waals surface area contributed by atoms with E-state index in [2.05, 4.69) is 15.5 Å². The Bertz CT molecular complexity index is 904. The second-order valence-electron chi connectivity index (χ2n) is 7.66. The lowest BCUT2D eigenvalue weighted by atomic mass is 9.95. The summed E-state index contributed by atoms with van der Waals surface area (Å²) in [5, 5.41) is 6.50. The molecule has 1 fully saturated rings. The third-order valence-corrected chi connectivity index (χ3v) is 5.94. The van der Waals surface area contributed by atoms with Gasteiger partial charge in [-0.1, -0.05) is 29.8 Å². The minimum atomic E-state index is -0.377. The fraction of sp³-hybridized carbons (Fsp3) is 0.391. The van der Waals surface area contributed by atoms with Gasteiger partial charge in [-0.15, -0.1) is 0 Å². The molecule has 0 spiro atoms. The molecule has 2 aromatic carbocycles. The van der Waals surface area contributed by atoms with Crippen molar-refractivity contribution >= 4 is 34.8 Å². The van der Waals surface area contributed by atoms with Gasteiger partial charge in [0, 0.05) is 23.3 Å². The van der Waals surface area contributed by atoms with E-state index in [0.717, 1.165) is 30.6 Å². The highest BCUT2D eigenvalue weighted by Crippen LogP contribution is 2.31. The average Bonchev–Trinajstić information content (AvgIpc) is 2.76. The number of methoxy groups -OCH3 is 1. The number of aryl methyl sites for hydroxylation is 1. The first kappa shape index (κ1) is 22.1. The topological polar surface area (TPSA) is 70.7 Å². The van der Waals surface area contributed by atoms with Crippen LogP contribution in [0.2, 0.25) is 5.02 Å². The normalized spacial score (nSPS) is 17.8. The summed E-state index contributed by atoms with van der Waals surface area (Å²) in [4.78, 5) is 27.6. The maximum atomic E-state index is 12.9. The predicted molar refractivity (Wildman–Crippen MR) is 120 cm³/mol. The first-order chi connectivity index (χ1) is 14.4. The molecule has 0 aromatic heterocycles. The van der Waals surface area contributed by atoms with Gasteiger partial charge >= 0.3 is 0 Å². The zero-order valence-corrected chi connectivity index (χ0v) is 18.3. The van der Waals surface area contributed by atoms with Crippen LogP contribution in [0.15, 0.2) is 42.5 Å². The summed E-state index contributed by atoms with van der Waals surface area (Å²) in [6, 6.07) is 12.6. The maximum Gasteiger partial charge on any atom is 0.241 e. The van der Waals surface area contributed by atoms with E-state index >= 15 is 0 Å². The molecule has 0 saturated carbocycles. The van der Waals surface area contributed by atoms with Gasteiger partial charge < -0.3 is 15.4 Å². The highest BCUT2D eigenvalue weighted by Gasteiger charge is 2.31. The van der Waals surface area contributed by atoms with Crippen LogP contribution in [0.1, 0.15) is 25.3 Å². The second-order valence-corrected chi connectivity index (χ2v) is 8.06. The monoisotopic (exact) mass is 429 g/mol. The van der Waals surface area contributed by atoms with Crippen LogP contribution in [0, 0.1) is 12.8 Å². The Morgan fingerprint density at radius 2 is 1.93 bits per heavy atom. The van der Waals surface area contributed by atoms with Gasteiger partial charge in [0.1, 0.15) is 5.75 Å². The van der Waals surface area contributed by atoms with Gasteiger partial charge in [0.25, 0.3) is 0 Å². The highest BCUT2D eigenvalue weighted by atomic mass is 35.5. The molecule has 3 rings (SSSR count). The van der Waals surface area contributed by atoms with E-state index in [1.807, 2.05) is 44.2 Å². The summed E-state index contributed by atoms with van der Waals surface area (Å²) >= 11 is 6.15. The number of para-hydroxylation sites is 1. The molecule has 160 valence electrons. The van der Waals surface area contributed by atoms with Crippen LogP contribution in [0.4, 0.5) is 11.4 Å². The van der Waals surface area contributed by atoms with Crippen LogP contribution in [-0.2, 0) is 9.59 Å². The highest BCUT2D eigenvalue weighted by molar-refractivity contribution is 6.31. The molecule has 30 heavy (non-hydrogen) atoms. The summed E-state index contributed by atoms with van der Waals surface area (Å²) in [6.07, 6.45) is 1.68. The summed E-state index contributed by atoms with van der Waals surface area (Å²) < 4.78 is 5.35. The molecule has 0 aliphatic carbocycles. The quantitative estimate of drug-likeness (QED) is 0.716. The fourth-order valence-corrected chi connectivity index (χ4v) is 3.82. The lowest BCUT2D eigenvalue weighted by molar-refractivity contribution is -0.125. The van der Waals surface area contributed by atoms with Crippen molar-refractivity contribution in [3.05, 3.63) is 53.1 Å². The van der Waals surface area contributed by atoms with E-state index in [1.165, 1.54) is 0 Å². The van der Waals surface area contributed by atoms with E-state index in [1.54, 1.807) is 19.2 Å². The minimum absolute atomic E-state index is 0.00602. The number of halogens is 1. The molecule has 2 N–H and O–H groups in total. The van der Waals surface area contributed by atoms with Crippen molar-refractivity contribution in [1.29, 1.82) is 0 Å². The van der Waals surface area contributed by atoms with Gasteiger partial charge in [-0.05, 0) is 57.0 Å². The molecule has 0 radical (unpaired) electrons. The maximum absolute atomic E-state index is 12.9. The van der Waals surface area contributed by atoms with Crippen molar-refractivity contribution in [2.75, 3.05) is 30.8 Å². The SMILES string of the molecule is COc1cc(Cl)c(C)cc1NC(=O)C(C)N1CCCC(C(=O)Nc2ccccc2)C1. The number of likely N-dealkylation sites (tertiary alicyclic amines) is 1. The summed E-state index contributed by atoms with van der Waals surface area (Å²) in [6.45, 7) is 5.06. The number of hydrogen-bond acceptors (Lipinski definition) is 4. The number of rotatable bonds is 6. The lowest BCUT2D eigenvalue weighted by Crippen LogP contribution is -2.49. The molecule has 1 saturated heterocycles. The van der Waals surface area contributed by atoms with Gasteiger partial charge in [-0.25, -0.2) is 0 Å². The van der Waals surface area contributed by atoms with Crippen molar-refractivity contribution in [1.82, 2.24) is 4.90 Å². The van der Waals surface area contributed by atoms with Crippen molar-refractivity contribution in [3.8, 4) is 5.75 Å². The Labute approximate surface area is 182 Å².